The first-order valence-electron chi connectivity index (χ1n) is 7.46. The van der Waals surface area contributed by atoms with Gasteiger partial charge in [-0.2, -0.15) is 0 Å². The number of benzene rings is 1. The largest absolute Gasteiger partial charge is 0.399 e. The van der Waals surface area contributed by atoms with Crippen molar-refractivity contribution in [2.24, 2.45) is 0 Å². The number of aromatic nitrogens is 3. The van der Waals surface area contributed by atoms with E-state index in [9.17, 15) is 0 Å². The van der Waals surface area contributed by atoms with Crippen molar-refractivity contribution in [3.8, 4) is 22.6 Å². The fourth-order valence-corrected chi connectivity index (χ4v) is 2.98. The van der Waals surface area contributed by atoms with Crippen LogP contribution in [-0.4, -0.2) is 15.0 Å². The lowest BCUT2D eigenvalue weighted by Gasteiger charge is -2.10. The summed E-state index contributed by atoms with van der Waals surface area (Å²) in [4.78, 5) is 13.5. The van der Waals surface area contributed by atoms with Crippen LogP contribution in [0.1, 0.15) is 17.5 Å². The minimum atomic E-state index is 0.719. The molecule has 3 aromatic rings. The molecule has 2 N–H and O–H groups in total. The van der Waals surface area contributed by atoms with Gasteiger partial charge in [-0.1, -0.05) is 6.07 Å². The average Bonchev–Trinajstić information content (AvgIpc) is 2.73. The molecule has 1 aromatic carbocycles. The van der Waals surface area contributed by atoms with Crippen molar-refractivity contribution in [2.45, 2.75) is 19.3 Å². The first kappa shape index (κ1) is 13.0. The van der Waals surface area contributed by atoms with Crippen molar-refractivity contribution in [2.75, 3.05) is 5.73 Å². The molecule has 1 aliphatic carbocycles. The summed E-state index contributed by atoms with van der Waals surface area (Å²) < 4.78 is 0. The van der Waals surface area contributed by atoms with E-state index < -0.39 is 0 Å². The third-order valence-corrected chi connectivity index (χ3v) is 4.06. The summed E-state index contributed by atoms with van der Waals surface area (Å²) in [5.41, 5.74) is 12.4. The summed E-state index contributed by atoms with van der Waals surface area (Å²) in [6, 6.07) is 9.97. The second-order valence-electron chi connectivity index (χ2n) is 5.58. The van der Waals surface area contributed by atoms with Gasteiger partial charge in [0.05, 0.1) is 5.69 Å². The first-order valence-corrected chi connectivity index (χ1v) is 7.46. The van der Waals surface area contributed by atoms with Crippen LogP contribution in [0.3, 0.4) is 0 Å². The van der Waals surface area contributed by atoms with Gasteiger partial charge in [0.15, 0.2) is 5.82 Å². The van der Waals surface area contributed by atoms with E-state index in [1.807, 2.05) is 24.4 Å². The van der Waals surface area contributed by atoms with Crippen LogP contribution in [0.4, 0.5) is 5.69 Å². The van der Waals surface area contributed by atoms with E-state index in [0.717, 1.165) is 42.0 Å². The van der Waals surface area contributed by atoms with Crippen LogP contribution in [0.15, 0.2) is 48.9 Å². The van der Waals surface area contributed by atoms with E-state index in [2.05, 4.69) is 22.1 Å². The number of aryl methyl sites for hydroxylation is 2. The molecule has 0 radical (unpaired) electrons. The van der Waals surface area contributed by atoms with Crippen LogP contribution in [0, 0.1) is 0 Å². The van der Waals surface area contributed by atoms with Crippen molar-refractivity contribution in [3.63, 3.8) is 0 Å². The summed E-state index contributed by atoms with van der Waals surface area (Å²) in [5.74, 6) is 0.719. The van der Waals surface area contributed by atoms with Gasteiger partial charge in [0, 0.05) is 35.4 Å². The topological polar surface area (TPSA) is 64.7 Å². The normalized spacial score (nSPS) is 13.1. The van der Waals surface area contributed by atoms with Crippen LogP contribution in [-0.2, 0) is 12.8 Å². The van der Waals surface area contributed by atoms with E-state index in [0.29, 0.717) is 0 Å². The van der Waals surface area contributed by atoms with Crippen LogP contribution in [0.5, 0.6) is 0 Å². The molecule has 2 heterocycles. The van der Waals surface area contributed by atoms with Crippen LogP contribution < -0.4 is 5.73 Å². The fourth-order valence-electron chi connectivity index (χ4n) is 2.98. The molecule has 0 spiro atoms. The molecule has 0 aliphatic heterocycles. The van der Waals surface area contributed by atoms with Gasteiger partial charge in [-0.05, 0) is 54.7 Å². The number of nitrogens with two attached hydrogens (primary N) is 1. The highest BCUT2D eigenvalue weighted by Gasteiger charge is 2.17. The molecule has 2 aromatic heterocycles. The Morgan fingerprint density at radius 2 is 1.91 bits per heavy atom. The number of rotatable bonds is 1. The molecule has 0 atom stereocenters. The van der Waals surface area contributed by atoms with Gasteiger partial charge in [0.25, 0.3) is 0 Å². The number of nitrogen functional groups attached to an aromatic ring is 1. The average molecular weight is 288 g/mol. The highest BCUT2D eigenvalue weighted by atomic mass is 14.9. The Hall–Kier alpha value is -2.75. The Morgan fingerprint density at radius 3 is 2.77 bits per heavy atom. The van der Waals surface area contributed by atoms with E-state index >= 15 is 0 Å². The summed E-state index contributed by atoms with van der Waals surface area (Å²) in [5, 5.41) is 0. The van der Waals surface area contributed by atoms with Gasteiger partial charge in [0.1, 0.15) is 0 Å². The molecule has 0 bridgehead atoms. The lowest BCUT2D eigenvalue weighted by molar-refractivity contribution is 0.829. The van der Waals surface area contributed by atoms with Gasteiger partial charge in [-0.3, -0.25) is 4.98 Å². The Morgan fingerprint density at radius 1 is 1.00 bits per heavy atom. The minimum Gasteiger partial charge on any atom is -0.399 e. The van der Waals surface area contributed by atoms with E-state index in [1.54, 1.807) is 12.4 Å². The number of fused-ring (bicyclic) bond motifs is 3. The number of hydrogen-bond acceptors (Lipinski definition) is 4. The smallest absolute Gasteiger partial charge is 0.161 e. The third-order valence-electron chi connectivity index (χ3n) is 4.06. The van der Waals surface area contributed by atoms with Crippen molar-refractivity contribution in [1.29, 1.82) is 0 Å². The number of nitrogens with zero attached hydrogens (tertiary/aromatic N) is 3. The molecule has 0 saturated heterocycles. The van der Waals surface area contributed by atoms with E-state index in [-0.39, 0.29) is 0 Å². The number of hydrogen-bond donors (Lipinski definition) is 1. The Labute approximate surface area is 129 Å². The van der Waals surface area contributed by atoms with Crippen molar-refractivity contribution in [1.82, 2.24) is 15.0 Å². The predicted molar refractivity (Wildman–Crippen MR) is 87.1 cm³/mol. The molecule has 0 unspecified atom stereocenters. The Bertz CT molecular complexity index is 828. The van der Waals surface area contributed by atoms with Crippen molar-refractivity contribution in [3.05, 3.63) is 60.0 Å². The maximum atomic E-state index is 5.93. The SMILES string of the molecule is Nc1ccc2c(c1)CCCc1cnc(-c3cccnc3)nc1-2. The van der Waals surface area contributed by atoms with Gasteiger partial charge in [0.2, 0.25) is 0 Å². The zero-order chi connectivity index (χ0) is 14.9. The van der Waals surface area contributed by atoms with Gasteiger partial charge in [-0.15, -0.1) is 0 Å². The minimum absolute atomic E-state index is 0.719. The van der Waals surface area contributed by atoms with Gasteiger partial charge < -0.3 is 5.73 Å². The summed E-state index contributed by atoms with van der Waals surface area (Å²) in [7, 11) is 0. The fraction of sp³-hybridized carbons (Fsp3) is 0.167. The molecule has 4 heteroatoms. The van der Waals surface area contributed by atoms with Gasteiger partial charge in [-0.25, -0.2) is 9.97 Å². The zero-order valence-electron chi connectivity index (χ0n) is 12.2. The summed E-state index contributed by atoms with van der Waals surface area (Å²) in [6.07, 6.45) is 8.62. The van der Waals surface area contributed by atoms with Crippen LogP contribution in [0.2, 0.25) is 0 Å². The molecule has 0 saturated carbocycles. The Kier molecular flexibility index (Phi) is 3.07. The monoisotopic (exact) mass is 288 g/mol. The zero-order valence-corrected chi connectivity index (χ0v) is 12.2. The maximum absolute atomic E-state index is 5.93. The predicted octanol–water partition coefficient (Wildman–Crippen LogP) is 3.28. The van der Waals surface area contributed by atoms with E-state index in [4.69, 9.17) is 10.7 Å². The van der Waals surface area contributed by atoms with Crippen LogP contribution >= 0.6 is 0 Å². The quantitative estimate of drug-likeness (QED) is 0.698. The lowest BCUT2D eigenvalue weighted by Crippen LogP contribution is -1.98. The standard InChI is InChI=1S/C18H16N4/c19-15-6-7-16-12(9-15)3-1-4-13-11-21-18(22-17(13)16)14-5-2-8-20-10-14/h2,5-11H,1,3-4,19H2. The lowest BCUT2D eigenvalue weighted by atomic mass is 10.0. The molecule has 22 heavy (non-hydrogen) atoms. The Balaban J connectivity index is 1.90. The molecular weight excluding hydrogens is 272 g/mol. The number of pyridine rings is 1. The molecule has 1 aliphatic rings. The highest BCUT2D eigenvalue weighted by molar-refractivity contribution is 5.72. The molecule has 4 nitrogen and oxygen atoms in total. The molecular formula is C18H16N4. The molecule has 0 amide bonds. The molecule has 0 fully saturated rings. The molecule has 4 rings (SSSR count). The second kappa shape index (κ2) is 5.22. The van der Waals surface area contributed by atoms with Gasteiger partial charge >= 0.3 is 0 Å². The molecule has 108 valence electrons. The maximum Gasteiger partial charge on any atom is 0.161 e. The van der Waals surface area contributed by atoms with E-state index in [1.165, 1.54) is 16.7 Å². The van der Waals surface area contributed by atoms with Crippen LogP contribution in [0.25, 0.3) is 22.6 Å². The summed E-state index contributed by atoms with van der Waals surface area (Å²) >= 11 is 0. The highest BCUT2D eigenvalue weighted by Crippen LogP contribution is 2.32. The summed E-state index contributed by atoms with van der Waals surface area (Å²) in [6.45, 7) is 0. The second-order valence-corrected chi connectivity index (χ2v) is 5.58. The van der Waals surface area contributed by atoms with Crippen molar-refractivity contribution < 1.29 is 0 Å². The van der Waals surface area contributed by atoms with Crippen molar-refractivity contribution >= 4 is 5.69 Å². The third kappa shape index (κ3) is 2.22. The first-order chi connectivity index (χ1) is 10.8. The number of anilines is 1.